The predicted octanol–water partition coefficient (Wildman–Crippen LogP) is 1.15. The molecule has 0 bridgehead atoms. The van der Waals surface area contributed by atoms with Gasteiger partial charge in [-0.1, -0.05) is 30.3 Å². The molecule has 5 nitrogen and oxygen atoms in total. The molecule has 3 rings (SSSR count). The van der Waals surface area contributed by atoms with Gasteiger partial charge in [-0.15, -0.1) is 0 Å². The van der Waals surface area contributed by atoms with Crippen molar-refractivity contribution in [1.29, 1.82) is 0 Å². The van der Waals surface area contributed by atoms with Crippen molar-refractivity contribution in [1.82, 2.24) is 9.13 Å². The lowest BCUT2D eigenvalue weighted by Gasteiger charge is -2.18. The summed E-state index contributed by atoms with van der Waals surface area (Å²) in [6.07, 6.45) is 1.33. The van der Waals surface area contributed by atoms with Crippen LogP contribution in [0.1, 0.15) is 17.5 Å². The average Bonchev–Trinajstić information content (AvgIpc) is 2.51. The Morgan fingerprint density at radius 1 is 1.00 bits per heavy atom. The van der Waals surface area contributed by atoms with Crippen LogP contribution in [0.3, 0.4) is 0 Å². The Bertz CT molecular complexity index is 813. The molecule has 2 aromatic rings. The molecule has 1 aliphatic rings. The van der Waals surface area contributed by atoms with E-state index in [1.165, 1.54) is 11.6 Å². The van der Waals surface area contributed by atoms with Crippen LogP contribution in [0.15, 0.2) is 44.9 Å². The van der Waals surface area contributed by atoms with Crippen LogP contribution in [0.25, 0.3) is 0 Å². The zero-order chi connectivity index (χ0) is 14.3. The van der Waals surface area contributed by atoms with E-state index >= 15 is 0 Å². The van der Waals surface area contributed by atoms with Gasteiger partial charge >= 0.3 is 5.69 Å². The molecule has 2 heterocycles. The van der Waals surface area contributed by atoms with Crippen LogP contribution in [0, 0.1) is 0 Å². The van der Waals surface area contributed by atoms with Gasteiger partial charge < -0.3 is 0 Å². The lowest BCUT2D eigenvalue weighted by molar-refractivity contribution is 0.667. The van der Waals surface area contributed by atoms with E-state index in [1.54, 1.807) is 7.05 Å². The summed E-state index contributed by atoms with van der Waals surface area (Å²) in [6, 6.07) is 9.84. The minimum atomic E-state index is -0.341. The van der Waals surface area contributed by atoms with E-state index in [2.05, 4.69) is 4.99 Å². The Hall–Kier alpha value is -2.43. The molecule has 0 N–H and O–H groups in total. The molecular formula is C15H15N3O2. The van der Waals surface area contributed by atoms with Gasteiger partial charge in [0, 0.05) is 14.1 Å². The van der Waals surface area contributed by atoms with Crippen LogP contribution in [-0.2, 0) is 20.5 Å². The molecule has 1 aromatic carbocycles. The molecule has 0 radical (unpaired) electrons. The zero-order valence-electron chi connectivity index (χ0n) is 11.5. The van der Waals surface area contributed by atoms with E-state index in [4.69, 9.17) is 0 Å². The van der Waals surface area contributed by atoms with Gasteiger partial charge in [-0.25, -0.2) is 9.79 Å². The number of fused-ring (bicyclic) bond motifs is 1. The fourth-order valence-corrected chi connectivity index (χ4v) is 2.53. The largest absolute Gasteiger partial charge is 0.332 e. The first-order valence-electron chi connectivity index (χ1n) is 6.51. The molecule has 20 heavy (non-hydrogen) atoms. The first-order valence-corrected chi connectivity index (χ1v) is 6.51. The molecule has 1 aliphatic heterocycles. The molecule has 1 aromatic heterocycles. The van der Waals surface area contributed by atoms with Gasteiger partial charge in [-0.2, -0.15) is 0 Å². The zero-order valence-corrected chi connectivity index (χ0v) is 11.5. The van der Waals surface area contributed by atoms with E-state index in [9.17, 15) is 9.59 Å². The molecule has 0 saturated carbocycles. The summed E-state index contributed by atoms with van der Waals surface area (Å²) < 4.78 is 2.58. The first kappa shape index (κ1) is 12.6. The highest BCUT2D eigenvalue weighted by atomic mass is 16.2. The highest BCUT2D eigenvalue weighted by molar-refractivity contribution is 6.03. The number of hydrogen-bond acceptors (Lipinski definition) is 3. The summed E-state index contributed by atoms with van der Waals surface area (Å²) >= 11 is 0. The van der Waals surface area contributed by atoms with Crippen LogP contribution < -0.4 is 11.2 Å². The Morgan fingerprint density at radius 3 is 2.40 bits per heavy atom. The number of nitrogens with zero attached hydrogens (tertiary/aromatic N) is 3. The van der Waals surface area contributed by atoms with E-state index in [-0.39, 0.29) is 11.2 Å². The van der Waals surface area contributed by atoms with Crippen molar-refractivity contribution in [3.05, 3.63) is 62.3 Å². The monoisotopic (exact) mass is 269 g/mol. The van der Waals surface area contributed by atoms with Gasteiger partial charge in [-0.3, -0.25) is 13.9 Å². The molecule has 0 unspecified atom stereocenters. The molecule has 0 spiro atoms. The molecule has 0 fully saturated rings. The second-order valence-electron chi connectivity index (χ2n) is 4.93. The maximum absolute atomic E-state index is 12.1. The van der Waals surface area contributed by atoms with Crippen LogP contribution in [0.4, 0.5) is 5.82 Å². The lowest BCUT2D eigenvalue weighted by atomic mass is 10.00. The fourth-order valence-electron chi connectivity index (χ4n) is 2.53. The van der Waals surface area contributed by atoms with Crippen molar-refractivity contribution in [2.24, 2.45) is 19.1 Å². The van der Waals surface area contributed by atoms with E-state index < -0.39 is 0 Å². The van der Waals surface area contributed by atoms with E-state index in [0.29, 0.717) is 24.2 Å². The minimum absolute atomic E-state index is 0.237. The van der Waals surface area contributed by atoms with Gasteiger partial charge in [0.25, 0.3) is 5.56 Å². The number of hydrogen-bond donors (Lipinski definition) is 0. The van der Waals surface area contributed by atoms with Gasteiger partial charge in [0.15, 0.2) is 0 Å². The number of aliphatic imine (C=N–C) groups is 1. The smallest absolute Gasteiger partial charge is 0.281 e. The van der Waals surface area contributed by atoms with Crippen molar-refractivity contribution < 1.29 is 0 Å². The van der Waals surface area contributed by atoms with Crippen LogP contribution >= 0.6 is 0 Å². The second kappa shape index (κ2) is 4.59. The summed E-state index contributed by atoms with van der Waals surface area (Å²) in [5.74, 6) is 0.489. The van der Waals surface area contributed by atoms with Crippen molar-refractivity contribution in [3.63, 3.8) is 0 Å². The number of rotatable bonds is 1. The summed E-state index contributed by atoms with van der Waals surface area (Å²) in [7, 11) is 3.15. The molecule has 0 amide bonds. The Morgan fingerprint density at radius 2 is 1.70 bits per heavy atom. The number of aromatic nitrogens is 2. The highest BCUT2D eigenvalue weighted by Crippen LogP contribution is 2.23. The quantitative estimate of drug-likeness (QED) is 0.780. The fraction of sp³-hybridized carbons (Fsp3) is 0.267. The van der Waals surface area contributed by atoms with Crippen molar-refractivity contribution in [2.45, 2.75) is 12.8 Å². The minimum Gasteiger partial charge on any atom is -0.281 e. The average molecular weight is 269 g/mol. The van der Waals surface area contributed by atoms with E-state index in [1.807, 2.05) is 30.3 Å². The molecule has 102 valence electrons. The topological polar surface area (TPSA) is 56.4 Å². The van der Waals surface area contributed by atoms with Gasteiger partial charge in [0.05, 0.1) is 11.3 Å². The Balaban J connectivity index is 2.24. The normalized spacial score (nSPS) is 13.8. The van der Waals surface area contributed by atoms with Gasteiger partial charge in [-0.05, 0) is 18.4 Å². The van der Waals surface area contributed by atoms with Gasteiger partial charge in [0.2, 0.25) is 0 Å². The maximum Gasteiger partial charge on any atom is 0.332 e. The van der Waals surface area contributed by atoms with Crippen LogP contribution in [0.2, 0.25) is 0 Å². The van der Waals surface area contributed by atoms with Crippen LogP contribution in [0.5, 0.6) is 0 Å². The first-order chi connectivity index (χ1) is 9.59. The van der Waals surface area contributed by atoms with Crippen molar-refractivity contribution in [2.75, 3.05) is 0 Å². The molecule has 0 saturated heterocycles. The Kier molecular flexibility index (Phi) is 2.89. The third-order valence-electron chi connectivity index (χ3n) is 3.68. The maximum atomic E-state index is 12.1. The SMILES string of the molecule is Cn1c2c(c(=O)n(C)c1=O)CCC(c1ccccc1)=N2. The van der Waals surface area contributed by atoms with Gasteiger partial charge in [0.1, 0.15) is 5.82 Å². The third kappa shape index (κ3) is 1.82. The lowest BCUT2D eigenvalue weighted by Crippen LogP contribution is -2.39. The summed E-state index contributed by atoms with van der Waals surface area (Å²) in [5, 5.41) is 0. The molecule has 0 atom stereocenters. The second-order valence-corrected chi connectivity index (χ2v) is 4.93. The van der Waals surface area contributed by atoms with Crippen LogP contribution in [-0.4, -0.2) is 14.8 Å². The molecule has 0 aliphatic carbocycles. The molecule has 5 heteroatoms. The van der Waals surface area contributed by atoms with Crippen molar-refractivity contribution in [3.8, 4) is 0 Å². The van der Waals surface area contributed by atoms with Crippen molar-refractivity contribution >= 4 is 11.5 Å². The highest BCUT2D eigenvalue weighted by Gasteiger charge is 2.20. The van der Waals surface area contributed by atoms with E-state index in [0.717, 1.165) is 15.8 Å². The summed E-state index contributed by atoms with van der Waals surface area (Å²) in [5.41, 5.74) is 1.99. The summed E-state index contributed by atoms with van der Waals surface area (Å²) in [4.78, 5) is 28.6. The third-order valence-corrected chi connectivity index (χ3v) is 3.68. The predicted molar refractivity (Wildman–Crippen MR) is 77.9 cm³/mol. The standard InChI is InChI=1S/C15H15N3O2/c1-17-13-11(14(19)18(2)15(17)20)8-9-12(16-13)10-6-4-3-5-7-10/h3-7H,8-9H2,1-2H3. The summed E-state index contributed by atoms with van der Waals surface area (Å²) in [6.45, 7) is 0. The number of benzene rings is 1. The molecular weight excluding hydrogens is 254 g/mol. The Labute approximate surface area is 115 Å².